The first-order valence-electron chi connectivity index (χ1n) is 20.2. The van der Waals surface area contributed by atoms with E-state index in [0.29, 0.717) is 49.4 Å². The molecule has 2 saturated heterocycles. The van der Waals surface area contributed by atoms with Crippen LogP contribution in [-0.2, 0) is 14.4 Å². The zero-order chi connectivity index (χ0) is 44.7. The number of aromatic nitrogens is 2. The second kappa shape index (κ2) is 17.6. The molecule has 20 heteroatoms. The number of anilines is 3. The van der Waals surface area contributed by atoms with E-state index in [1.165, 1.54) is 18.2 Å². The predicted octanol–water partition coefficient (Wildman–Crippen LogP) is 5.42. The number of nitrogens with zero attached hydrogens (tertiary/aromatic N) is 5. The summed E-state index contributed by atoms with van der Waals surface area (Å²) in [6.07, 6.45) is 0.538. The van der Waals surface area contributed by atoms with Crippen LogP contribution in [0.4, 0.5) is 21.6 Å². The fourth-order valence-electron chi connectivity index (χ4n) is 8.34. The summed E-state index contributed by atoms with van der Waals surface area (Å²) in [5.41, 5.74) is 1.71. The summed E-state index contributed by atoms with van der Waals surface area (Å²) in [6, 6.07) is 13.5. The second-order valence-corrected chi connectivity index (χ2v) is 16.4. The molecule has 8 rings (SSSR count). The number of amides is 7. The van der Waals surface area contributed by atoms with Gasteiger partial charge in [0.25, 0.3) is 23.6 Å². The number of piperazine rings is 1. The summed E-state index contributed by atoms with van der Waals surface area (Å²) < 4.78 is 19.9. The lowest BCUT2D eigenvalue weighted by Gasteiger charge is -2.44. The highest BCUT2D eigenvalue weighted by Gasteiger charge is 2.45. The molecule has 4 aliphatic rings. The van der Waals surface area contributed by atoms with Crippen LogP contribution >= 0.6 is 23.2 Å². The standard InChI is InChI=1S/C43H40Cl2FN9O8/c1-21-19-53(41(60)23-9-11-24(12-10-23)48-38(58)29-18-31-37(52-51-29)50-40(63-31)35-26(44)13-14-27(46)36(35)45)20-22(2)54(21)33(57)8-3-4-17-47-28-7-5-6-25-34(28)43(62)55(42(25)61)30-15-16-32(56)49-39(30)59/h5-7,9-14,18,21-22,30,40,47H,3-4,8,15-17,19-20H2,1-2H3,(H,48,58)(H,50,52)(H,49,56,59)/t21-,22+,30?,40-/m0/s1. The van der Waals surface area contributed by atoms with E-state index in [1.807, 2.05) is 18.7 Å². The van der Waals surface area contributed by atoms with Crippen molar-refractivity contribution in [2.45, 2.75) is 70.3 Å². The van der Waals surface area contributed by atoms with Crippen LogP contribution < -0.4 is 26.0 Å². The summed E-state index contributed by atoms with van der Waals surface area (Å²) in [6.45, 7) is 4.86. The minimum atomic E-state index is -1.06. The molecule has 4 atom stereocenters. The second-order valence-electron chi connectivity index (χ2n) is 15.6. The average Bonchev–Trinajstić information content (AvgIpc) is 3.79. The van der Waals surface area contributed by atoms with Crippen LogP contribution in [0.3, 0.4) is 0 Å². The molecule has 0 bridgehead atoms. The topological polar surface area (TPSA) is 212 Å². The largest absolute Gasteiger partial charge is 0.462 e. The van der Waals surface area contributed by atoms with Gasteiger partial charge < -0.3 is 30.5 Å². The smallest absolute Gasteiger partial charge is 0.276 e. The van der Waals surface area contributed by atoms with Gasteiger partial charge in [-0.05, 0) is 81.6 Å². The minimum Gasteiger partial charge on any atom is -0.462 e. The first kappa shape index (κ1) is 43.0. The molecule has 3 aromatic carbocycles. The number of ether oxygens (including phenoxy) is 1. The van der Waals surface area contributed by atoms with Gasteiger partial charge in [-0.3, -0.25) is 43.8 Å². The molecule has 1 aromatic heterocycles. The molecule has 2 fully saturated rings. The highest BCUT2D eigenvalue weighted by Crippen LogP contribution is 2.42. The van der Waals surface area contributed by atoms with Gasteiger partial charge in [0.05, 0.1) is 26.7 Å². The lowest BCUT2D eigenvalue weighted by Crippen LogP contribution is -2.59. The van der Waals surface area contributed by atoms with E-state index in [2.05, 4.69) is 31.5 Å². The summed E-state index contributed by atoms with van der Waals surface area (Å²) in [7, 11) is 0. The van der Waals surface area contributed by atoms with Gasteiger partial charge in [-0.1, -0.05) is 29.3 Å². The fraction of sp³-hybridized carbons (Fsp3) is 0.326. The third-order valence-corrected chi connectivity index (χ3v) is 12.0. The number of unbranched alkanes of at least 4 members (excludes halogenated alkanes) is 1. The maximum atomic E-state index is 14.1. The van der Waals surface area contributed by atoms with Crippen molar-refractivity contribution in [2.75, 3.05) is 35.6 Å². The zero-order valence-electron chi connectivity index (χ0n) is 33.9. The molecule has 4 N–H and O–H groups in total. The maximum Gasteiger partial charge on any atom is 0.276 e. The first-order chi connectivity index (χ1) is 30.2. The quantitative estimate of drug-likeness (QED) is 0.0845. The zero-order valence-corrected chi connectivity index (χ0v) is 35.4. The summed E-state index contributed by atoms with van der Waals surface area (Å²) in [4.78, 5) is 95.2. The van der Waals surface area contributed by atoms with Crippen LogP contribution in [0.1, 0.15) is 99.3 Å². The molecule has 7 amide bonds. The Kier molecular flexibility index (Phi) is 12.0. The number of carbonyl (C=O) groups is 7. The molecule has 1 unspecified atom stereocenters. The summed E-state index contributed by atoms with van der Waals surface area (Å²) >= 11 is 12.4. The van der Waals surface area contributed by atoms with Crippen molar-refractivity contribution in [3.63, 3.8) is 0 Å². The van der Waals surface area contributed by atoms with E-state index in [4.69, 9.17) is 27.9 Å². The molecule has 0 radical (unpaired) electrons. The third-order valence-electron chi connectivity index (χ3n) is 11.3. The molecule has 63 heavy (non-hydrogen) atoms. The number of halogens is 3. The highest BCUT2D eigenvalue weighted by atomic mass is 35.5. The van der Waals surface area contributed by atoms with E-state index >= 15 is 0 Å². The molecule has 0 aliphatic carbocycles. The number of carbonyl (C=O) groups excluding carboxylic acids is 7. The van der Waals surface area contributed by atoms with Crippen molar-refractivity contribution in [2.24, 2.45) is 0 Å². The first-order valence-corrected chi connectivity index (χ1v) is 21.0. The molecule has 4 aromatic rings. The minimum absolute atomic E-state index is 0.0299. The van der Waals surface area contributed by atoms with Gasteiger partial charge in [0.15, 0.2) is 17.3 Å². The Morgan fingerprint density at radius 1 is 0.937 bits per heavy atom. The summed E-state index contributed by atoms with van der Waals surface area (Å²) in [5, 5.41) is 19.0. The highest BCUT2D eigenvalue weighted by molar-refractivity contribution is 6.36. The van der Waals surface area contributed by atoms with Crippen molar-refractivity contribution < 1.29 is 42.7 Å². The monoisotopic (exact) mass is 899 g/mol. The number of imide groups is 2. The SMILES string of the molecule is C[C@@H]1CN(C(=O)c2ccc(NC(=O)c3cc4c(nn3)N[C@H](c3c(Cl)ccc(F)c3Cl)O4)cc2)C[C@H](C)N1C(=O)CCCCNc1cccc2c1C(=O)N(C1CCC(=O)NC1=O)C2=O. The number of piperidine rings is 1. The molecule has 0 spiro atoms. The Bertz CT molecular complexity index is 2570. The van der Waals surface area contributed by atoms with Gasteiger partial charge in [-0.2, -0.15) is 0 Å². The Labute approximate surface area is 369 Å². The fourth-order valence-corrected chi connectivity index (χ4v) is 8.91. The van der Waals surface area contributed by atoms with Crippen LogP contribution in [0.5, 0.6) is 5.75 Å². The van der Waals surface area contributed by atoms with Crippen LogP contribution in [0, 0.1) is 5.82 Å². The summed E-state index contributed by atoms with van der Waals surface area (Å²) in [5.74, 6) is -3.43. The van der Waals surface area contributed by atoms with Gasteiger partial charge in [-0.25, -0.2) is 4.39 Å². The van der Waals surface area contributed by atoms with E-state index in [0.717, 1.165) is 11.0 Å². The number of hydrogen-bond donors (Lipinski definition) is 4. The predicted molar refractivity (Wildman–Crippen MR) is 227 cm³/mol. The maximum absolute atomic E-state index is 14.1. The van der Waals surface area contributed by atoms with Crippen molar-refractivity contribution >= 4 is 81.7 Å². The molecule has 4 aliphatic heterocycles. The number of nitrogens with one attached hydrogen (secondary N) is 4. The van der Waals surface area contributed by atoms with Crippen LogP contribution in [-0.4, -0.2) is 104 Å². The van der Waals surface area contributed by atoms with Crippen molar-refractivity contribution in [3.05, 3.63) is 104 Å². The van der Waals surface area contributed by atoms with E-state index in [-0.39, 0.29) is 87.2 Å². The normalized spacial score (nSPS) is 20.4. The Hall–Kier alpha value is -6.66. The van der Waals surface area contributed by atoms with Crippen LogP contribution in [0.2, 0.25) is 10.0 Å². The molecule has 326 valence electrons. The Morgan fingerprint density at radius 3 is 2.41 bits per heavy atom. The number of benzene rings is 3. The van der Waals surface area contributed by atoms with Crippen molar-refractivity contribution in [3.8, 4) is 5.75 Å². The third kappa shape index (κ3) is 8.47. The molecule has 0 saturated carbocycles. The van der Waals surface area contributed by atoms with Gasteiger partial charge in [0.2, 0.25) is 23.9 Å². The molecule has 5 heterocycles. The number of hydrogen-bond acceptors (Lipinski definition) is 12. The number of fused-ring (bicyclic) bond motifs is 2. The lowest BCUT2D eigenvalue weighted by atomic mass is 10.0. The van der Waals surface area contributed by atoms with Gasteiger partial charge in [-0.15, -0.1) is 10.2 Å². The van der Waals surface area contributed by atoms with Crippen LogP contribution in [0.15, 0.2) is 60.7 Å². The van der Waals surface area contributed by atoms with E-state index in [1.54, 1.807) is 41.3 Å². The Balaban J connectivity index is 0.795. The van der Waals surface area contributed by atoms with E-state index in [9.17, 15) is 38.0 Å². The van der Waals surface area contributed by atoms with Crippen molar-refractivity contribution in [1.29, 1.82) is 0 Å². The number of rotatable bonds is 11. The lowest BCUT2D eigenvalue weighted by molar-refractivity contribution is -0.139. The van der Waals surface area contributed by atoms with Gasteiger partial charge >= 0.3 is 0 Å². The molecule has 17 nitrogen and oxygen atoms in total. The van der Waals surface area contributed by atoms with Crippen molar-refractivity contribution in [1.82, 2.24) is 30.2 Å². The van der Waals surface area contributed by atoms with Crippen LogP contribution in [0.25, 0.3) is 0 Å². The van der Waals surface area contributed by atoms with Gasteiger partial charge in [0.1, 0.15) is 11.9 Å². The molecular formula is C43H40Cl2FN9O8. The molecular weight excluding hydrogens is 860 g/mol. The van der Waals surface area contributed by atoms with Gasteiger partial charge in [0, 0.05) is 67.6 Å². The Morgan fingerprint density at radius 2 is 1.68 bits per heavy atom. The average molecular weight is 901 g/mol. The van der Waals surface area contributed by atoms with E-state index < -0.39 is 47.6 Å².